The first-order chi connectivity index (χ1) is 37.2. The Morgan fingerprint density at radius 1 is 0.267 bits per heavy atom. The van der Waals surface area contributed by atoms with Gasteiger partial charge in [-0.1, -0.05) is 231 Å². The van der Waals surface area contributed by atoms with Crippen LogP contribution in [0.3, 0.4) is 0 Å². The molecular weight excluding hydrogens is 909 g/mol. The van der Waals surface area contributed by atoms with E-state index in [0.29, 0.717) is 0 Å². The van der Waals surface area contributed by atoms with Crippen LogP contribution in [-0.4, -0.2) is 4.57 Å². The SMILES string of the molecule is c1ccc(-c2cccc(-c3ccccc3N(c3ccc(-c4ccc(-c5ccccc5-n5c6ccccc6c6ccccc65)cc4)cc3)c3ccc(-c4ccccc4-c4cccc5c4oc4ccccc45)cc3)c2)cc1. The number of furan rings is 1. The van der Waals surface area contributed by atoms with Crippen LogP contribution in [-0.2, 0) is 0 Å². The van der Waals surface area contributed by atoms with Crippen LogP contribution >= 0.6 is 0 Å². The minimum Gasteiger partial charge on any atom is -0.455 e. The average Bonchev–Trinajstić information content (AvgIpc) is 4.05. The first-order valence-electron chi connectivity index (χ1n) is 25.7. The van der Waals surface area contributed by atoms with E-state index in [1.54, 1.807) is 0 Å². The van der Waals surface area contributed by atoms with Gasteiger partial charge in [0.2, 0.25) is 0 Å². The fourth-order valence-corrected chi connectivity index (χ4v) is 11.3. The molecule has 0 aliphatic carbocycles. The van der Waals surface area contributed by atoms with Gasteiger partial charge in [0.25, 0.3) is 0 Å². The van der Waals surface area contributed by atoms with Gasteiger partial charge in [-0.15, -0.1) is 0 Å². The van der Waals surface area contributed by atoms with Gasteiger partial charge >= 0.3 is 0 Å². The lowest BCUT2D eigenvalue weighted by Gasteiger charge is -2.28. The maximum atomic E-state index is 6.55. The van der Waals surface area contributed by atoms with Crippen LogP contribution in [0.15, 0.2) is 296 Å². The molecule has 352 valence electrons. The summed E-state index contributed by atoms with van der Waals surface area (Å²) in [7, 11) is 0. The van der Waals surface area contributed by atoms with E-state index in [-0.39, 0.29) is 0 Å². The minimum absolute atomic E-state index is 0.897. The van der Waals surface area contributed by atoms with Gasteiger partial charge < -0.3 is 13.9 Å². The lowest BCUT2D eigenvalue weighted by atomic mass is 9.93. The van der Waals surface area contributed by atoms with Crippen molar-refractivity contribution in [1.29, 1.82) is 0 Å². The van der Waals surface area contributed by atoms with Crippen molar-refractivity contribution in [3.05, 3.63) is 291 Å². The van der Waals surface area contributed by atoms with Gasteiger partial charge in [0, 0.05) is 49.6 Å². The molecule has 0 N–H and O–H groups in total. The number of benzene rings is 12. The van der Waals surface area contributed by atoms with Crippen molar-refractivity contribution >= 4 is 60.8 Å². The minimum atomic E-state index is 0.897. The number of hydrogen-bond acceptors (Lipinski definition) is 2. The van der Waals surface area contributed by atoms with Gasteiger partial charge in [-0.25, -0.2) is 0 Å². The highest BCUT2D eigenvalue weighted by molar-refractivity contribution is 6.11. The molecule has 0 radical (unpaired) electrons. The standard InChI is InChI=1S/C72H48N2O/c1-2-18-49(19-3-1)54-20-16-21-55(48-54)60-24-7-11-31-67(60)73(57-46-42-52(43-47-57)58-22-4-5-25-61(58)65-29-17-30-66-64-28-10-15-35-71(64)75-72(65)66)56-44-40-51(41-45-56)50-36-38-53(39-37-50)59-23-6-12-32-68(59)74-69-33-13-8-26-62(69)63-27-9-14-34-70(63)74/h1-48H. The molecule has 0 aliphatic rings. The van der Waals surface area contributed by atoms with Crippen molar-refractivity contribution in [3.8, 4) is 72.4 Å². The zero-order valence-electron chi connectivity index (χ0n) is 41.0. The smallest absolute Gasteiger partial charge is 0.143 e. The molecular formula is C72H48N2O. The topological polar surface area (TPSA) is 21.3 Å². The zero-order valence-corrected chi connectivity index (χ0v) is 41.0. The molecule has 0 atom stereocenters. The second-order valence-electron chi connectivity index (χ2n) is 19.2. The van der Waals surface area contributed by atoms with Gasteiger partial charge in [0.1, 0.15) is 11.2 Å². The molecule has 0 fully saturated rings. The van der Waals surface area contributed by atoms with E-state index < -0.39 is 0 Å². The Bertz CT molecular complexity index is 4340. The van der Waals surface area contributed by atoms with Crippen molar-refractivity contribution in [1.82, 2.24) is 4.57 Å². The molecule has 2 aromatic heterocycles. The van der Waals surface area contributed by atoms with Crippen LogP contribution in [0.2, 0.25) is 0 Å². The summed E-state index contributed by atoms with van der Waals surface area (Å²) in [6.07, 6.45) is 0. The van der Waals surface area contributed by atoms with E-state index in [0.717, 1.165) is 89.2 Å². The number of anilines is 3. The normalized spacial score (nSPS) is 11.5. The largest absolute Gasteiger partial charge is 0.455 e. The summed E-state index contributed by atoms with van der Waals surface area (Å²) < 4.78 is 8.96. The summed E-state index contributed by atoms with van der Waals surface area (Å²) in [6.45, 7) is 0. The molecule has 3 heteroatoms. The Balaban J connectivity index is 0.839. The lowest BCUT2D eigenvalue weighted by molar-refractivity contribution is 0.670. The van der Waals surface area contributed by atoms with E-state index in [9.17, 15) is 0 Å². The van der Waals surface area contributed by atoms with Crippen LogP contribution in [0.5, 0.6) is 0 Å². The monoisotopic (exact) mass is 956 g/mol. The van der Waals surface area contributed by atoms with Gasteiger partial charge in [-0.05, 0) is 111 Å². The number of fused-ring (bicyclic) bond motifs is 6. The molecule has 12 aromatic carbocycles. The predicted molar refractivity (Wildman–Crippen MR) is 315 cm³/mol. The van der Waals surface area contributed by atoms with Gasteiger partial charge in [-0.3, -0.25) is 0 Å². The number of aromatic nitrogens is 1. The molecule has 2 heterocycles. The highest BCUT2D eigenvalue weighted by Crippen LogP contribution is 2.45. The van der Waals surface area contributed by atoms with Crippen molar-refractivity contribution in [2.75, 3.05) is 4.90 Å². The maximum absolute atomic E-state index is 6.55. The molecule has 0 bridgehead atoms. The Hall–Kier alpha value is -9.96. The maximum Gasteiger partial charge on any atom is 0.143 e. The molecule has 0 unspecified atom stereocenters. The summed E-state index contributed by atoms with van der Waals surface area (Å²) in [4.78, 5) is 2.40. The highest BCUT2D eigenvalue weighted by Gasteiger charge is 2.21. The third-order valence-corrected chi connectivity index (χ3v) is 14.9. The average molecular weight is 957 g/mol. The molecule has 0 aliphatic heterocycles. The quantitative estimate of drug-likeness (QED) is 0.136. The second kappa shape index (κ2) is 18.6. The zero-order chi connectivity index (χ0) is 49.7. The summed E-state index contributed by atoms with van der Waals surface area (Å²) >= 11 is 0. The Morgan fingerprint density at radius 2 is 0.720 bits per heavy atom. The molecule has 0 saturated carbocycles. The Kier molecular flexibility index (Phi) is 10.8. The molecule has 14 aromatic rings. The number of rotatable bonds is 10. The lowest BCUT2D eigenvalue weighted by Crippen LogP contribution is -2.11. The van der Waals surface area contributed by atoms with Gasteiger partial charge in [0.05, 0.1) is 22.4 Å². The number of nitrogens with zero attached hydrogens (tertiary/aromatic N) is 2. The Labute approximate surface area is 436 Å². The van der Waals surface area contributed by atoms with Crippen molar-refractivity contribution in [2.24, 2.45) is 0 Å². The van der Waals surface area contributed by atoms with Crippen LogP contribution in [0.25, 0.3) is 116 Å². The first kappa shape index (κ1) is 43.8. The van der Waals surface area contributed by atoms with E-state index in [1.807, 2.05) is 12.1 Å². The van der Waals surface area contributed by atoms with Crippen LogP contribution in [0.1, 0.15) is 0 Å². The fraction of sp³-hybridized carbons (Fsp3) is 0. The molecule has 0 spiro atoms. The summed E-state index contributed by atoms with van der Waals surface area (Å²) in [5.41, 5.74) is 22.4. The molecule has 0 saturated heterocycles. The van der Waals surface area contributed by atoms with Gasteiger partial charge in [-0.2, -0.15) is 0 Å². The third kappa shape index (κ3) is 7.78. The van der Waals surface area contributed by atoms with E-state index >= 15 is 0 Å². The number of hydrogen-bond donors (Lipinski definition) is 0. The fourth-order valence-electron chi connectivity index (χ4n) is 11.3. The van der Waals surface area contributed by atoms with E-state index in [2.05, 4.69) is 289 Å². The first-order valence-corrected chi connectivity index (χ1v) is 25.7. The predicted octanol–water partition coefficient (Wildman–Crippen LogP) is 20.2. The Morgan fingerprint density at radius 3 is 1.44 bits per heavy atom. The van der Waals surface area contributed by atoms with Crippen LogP contribution in [0, 0.1) is 0 Å². The molecule has 0 amide bonds. The van der Waals surface area contributed by atoms with E-state index in [1.165, 1.54) is 44.1 Å². The molecule has 3 nitrogen and oxygen atoms in total. The second-order valence-corrected chi connectivity index (χ2v) is 19.2. The molecule has 75 heavy (non-hydrogen) atoms. The number of para-hydroxylation sites is 6. The molecule has 14 rings (SSSR count). The van der Waals surface area contributed by atoms with Crippen LogP contribution < -0.4 is 4.90 Å². The summed E-state index contributed by atoms with van der Waals surface area (Å²) in [5, 5.41) is 4.76. The third-order valence-electron chi connectivity index (χ3n) is 14.9. The van der Waals surface area contributed by atoms with Crippen molar-refractivity contribution in [2.45, 2.75) is 0 Å². The summed E-state index contributed by atoms with van der Waals surface area (Å²) in [6, 6.07) is 105. The van der Waals surface area contributed by atoms with Crippen molar-refractivity contribution < 1.29 is 4.42 Å². The highest BCUT2D eigenvalue weighted by atomic mass is 16.3. The van der Waals surface area contributed by atoms with Crippen molar-refractivity contribution in [3.63, 3.8) is 0 Å². The van der Waals surface area contributed by atoms with Gasteiger partial charge in [0.15, 0.2) is 0 Å². The van der Waals surface area contributed by atoms with Crippen LogP contribution in [0.4, 0.5) is 17.1 Å². The van der Waals surface area contributed by atoms with E-state index in [4.69, 9.17) is 4.42 Å². The summed E-state index contributed by atoms with van der Waals surface area (Å²) in [5.74, 6) is 0.